The summed E-state index contributed by atoms with van der Waals surface area (Å²) in [6, 6.07) is 22.7. The molecule has 4 aromatic rings. The Balaban J connectivity index is 1.48. The molecule has 0 saturated carbocycles. The fourth-order valence-electron chi connectivity index (χ4n) is 5.86. The van der Waals surface area contributed by atoms with E-state index in [9.17, 15) is 19.2 Å². The zero-order valence-corrected chi connectivity index (χ0v) is 30.0. The van der Waals surface area contributed by atoms with E-state index < -0.39 is 42.1 Å². The number of fused-ring (bicyclic) bond motifs is 7. The van der Waals surface area contributed by atoms with Crippen molar-refractivity contribution in [3.05, 3.63) is 96.7 Å². The first-order valence-electron chi connectivity index (χ1n) is 17.3. The summed E-state index contributed by atoms with van der Waals surface area (Å²) in [4.78, 5) is 51.8. The number of esters is 1. The molecule has 1 unspecified atom stereocenters. The number of allylic oxidation sites excluding steroid dienone is 2. The number of amides is 3. The molecule has 0 radical (unpaired) electrons. The number of unbranched alkanes of at least 4 members (excludes halogenated alkanes) is 1. The standard InChI is InChI=1S/C41H45N3O8/c1-41(2,3)52-40(48)42-24-12-11-18-31-38(46)44-32(39(47)49-4)19-6-5-13-25-50-33-22-20-27-14-7-9-16-29(27)36(33)37-30-17-10-8-15-28(30)21-23-34(37)51-26-35(45)43-31/h5,7-10,13-18,20-23,32H,6,11-12,19,24-26H2,1-4H3,(H,42,48)(H,43,45)(H,44,46)/b13-5+,31-18-. The van der Waals surface area contributed by atoms with Gasteiger partial charge in [0.15, 0.2) is 6.61 Å². The first-order valence-corrected chi connectivity index (χ1v) is 17.3. The fraction of sp³-hybridized carbons (Fsp3) is 0.317. The topological polar surface area (TPSA) is 141 Å². The van der Waals surface area contributed by atoms with E-state index in [1.54, 1.807) is 26.8 Å². The van der Waals surface area contributed by atoms with Crippen molar-refractivity contribution < 1.29 is 38.1 Å². The van der Waals surface area contributed by atoms with E-state index in [1.807, 2.05) is 84.9 Å². The second-order valence-electron chi connectivity index (χ2n) is 13.3. The molecule has 52 heavy (non-hydrogen) atoms. The number of carbonyl (C=O) groups excluding carboxylic acids is 4. The van der Waals surface area contributed by atoms with Crippen molar-refractivity contribution in [2.75, 3.05) is 26.9 Å². The zero-order chi connectivity index (χ0) is 37.1. The Morgan fingerprint density at radius 1 is 0.885 bits per heavy atom. The predicted molar refractivity (Wildman–Crippen MR) is 200 cm³/mol. The van der Waals surface area contributed by atoms with E-state index in [4.69, 9.17) is 18.9 Å². The van der Waals surface area contributed by atoms with Gasteiger partial charge in [-0.05, 0) is 80.1 Å². The summed E-state index contributed by atoms with van der Waals surface area (Å²) in [5.41, 5.74) is 0.906. The van der Waals surface area contributed by atoms with Gasteiger partial charge in [0.25, 0.3) is 11.8 Å². The van der Waals surface area contributed by atoms with E-state index in [1.165, 1.54) is 7.11 Å². The first kappa shape index (κ1) is 37.4. The van der Waals surface area contributed by atoms with Crippen LogP contribution in [0.1, 0.15) is 46.5 Å². The van der Waals surface area contributed by atoms with Crippen molar-refractivity contribution in [2.24, 2.45) is 0 Å². The Hall–Kier alpha value is -5.84. The molecule has 5 rings (SSSR count). The minimum atomic E-state index is -0.973. The Labute approximate surface area is 303 Å². The second kappa shape index (κ2) is 17.4. The van der Waals surface area contributed by atoms with Crippen molar-refractivity contribution >= 4 is 45.4 Å². The summed E-state index contributed by atoms with van der Waals surface area (Å²) in [7, 11) is 1.25. The third kappa shape index (κ3) is 9.90. The molecule has 0 fully saturated rings. The van der Waals surface area contributed by atoms with Crippen LogP contribution in [0.2, 0.25) is 0 Å². The maximum Gasteiger partial charge on any atom is 0.407 e. The molecule has 4 aromatic carbocycles. The molecule has 3 N–H and O–H groups in total. The van der Waals surface area contributed by atoms with Crippen LogP contribution in [0.3, 0.4) is 0 Å². The van der Waals surface area contributed by atoms with Gasteiger partial charge in [0, 0.05) is 17.7 Å². The van der Waals surface area contributed by atoms with Crippen LogP contribution in [-0.4, -0.2) is 62.4 Å². The van der Waals surface area contributed by atoms with Gasteiger partial charge < -0.3 is 34.9 Å². The number of hydrogen-bond acceptors (Lipinski definition) is 8. The molecule has 11 nitrogen and oxygen atoms in total. The van der Waals surface area contributed by atoms with Gasteiger partial charge in [0.05, 0.1) is 7.11 Å². The summed E-state index contributed by atoms with van der Waals surface area (Å²) < 4.78 is 22.8. The lowest BCUT2D eigenvalue weighted by atomic mass is 9.92. The number of nitrogens with one attached hydrogen (secondary N) is 3. The van der Waals surface area contributed by atoms with Gasteiger partial charge in [0.1, 0.15) is 35.4 Å². The van der Waals surface area contributed by atoms with Crippen LogP contribution >= 0.6 is 0 Å². The van der Waals surface area contributed by atoms with Crippen LogP contribution in [0, 0.1) is 0 Å². The number of alkyl carbamates (subject to hydrolysis) is 1. The summed E-state index contributed by atoms with van der Waals surface area (Å²) in [6.45, 7) is 5.43. The Morgan fingerprint density at radius 2 is 1.52 bits per heavy atom. The monoisotopic (exact) mass is 707 g/mol. The highest BCUT2D eigenvalue weighted by Gasteiger charge is 2.25. The minimum Gasteiger partial charge on any atom is -0.489 e. The van der Waals surface area contributed by atoms with Crippen LogP contribution in [0.4, 0.5) is 4.79 Å². The average Bonchev–Trinajstić information content (AvgIpc) is 3.12. The maximum atomic E-state index is 13.5. The minimum absolute atomic E-state index is 0.0556. The van der Waals surface area contributed by atoms with E-state index >= 15 is 0 Å². The Bertz CT molecular complexity index is 2000. The highest BCUT2D eigenvalue weighted by Crippen LogP contribution is 2.45. The largest absolute Gasteiger partial charge is 0.489 e. The van der Waals surface area contributed by atoms with Gasteiger partial charge in [0.2, 0.25) is 0 Å². The Kier molecular flexibility index (Phi) is 12.5. The lowest BCUT2D eigenvalue weighted by Gasteiger charge is -2.20. The van der Waals surface area contributed by atoms with E-state index in [2.05, 4.69) is 16.0 Å². The normalized spacial score (nSPS) is 17.2. The summed E-state index contributed by atoms with van der Waals surface area (Å²) in [6.07, 6.45) is 6.22. The SMILES string of the molecule is COC(=O)C1CC/C=C/COc2ccc3ccccc3c2-c2c(ccc3ccccc23)OCC(=O)N/C(=C\CCCNC(=O)OC(C)(C)C)C(=O)N1. The molecule has 272 valence electrons. The third-order valence-electron chi connectivity index (χ3n) is 8.22. The van der Waals surface area contributed by atoms with Gasteiger partial charge in [-0.1, -0.05) is 78.9 Å². The summed E-state index contributed by atoms with van der Waals surface area (Å²) in [5, 5.41) is 11.9. The smallest absolute Gasteiger partial charge is 0.407 e. The number of hydrogen-bond donors (Lipinski definition) is 3. The molecule has 0 saturated heterocycles. The van der Waals surface area contributed by atoms with Crippen LogP contribution in [0.5, 0.6) is 11.5 Å². The number of benzene rings is 4. The van der Waals surface area contributed by atoms with Crippen molar-refractivity contribution in [1.29, 1.82) is 0 Å². The number of carbonyl (C=O) groups is 4. The number of methoxy groups -OCH3 is 1. The van der Waals surface area contributed by atoms with Gasteiger partial charge in [-0.25, -0.2) is 9.59 Å². The lowest BCUT2D eigenvalue weighted by Crippen LogP contribution is -2.45. The van der Waals surface area contributed by atoms with Gasteiger partial charge in [-0.3, -0.25) is 9.59 Å². The Morgan fingerprint density at radius 3 is 2.15 bits per heavy atom. The molecular weight excluding hydrogens is 662 g/mol. The summed E-state index contributed by atoms with van der Waals surface area (Å²) in [5.74, 6) is -0.765. The first-order chi connectivity index (χ1) is 25.0. The quantitative estimate of drug-likeness (QED) is 0.0898. The third-order valence-corrected chi connectivity index (χ3v) is 8.22. The lowest BCUT2D eigenvalue weighted by molar-refractivity contribution is -0.144. The maximum absolute atomic E-state index is 13.5. The molecule has 1 heterocycles. The van der Waals surface area contributed by atoms with E-state index in [0.29, 0.717) is 30.8 Å². The molecule has 1 atom stereocenters. The van der Waals surface area contributed by atoms with Crippen molar-refractivity contribution in [3.63, 3.8) is 0 Å². The summed E-state index contributed by atoms with van der Waals surface area (Å²) >= 11 is 0. The molecule has 1 aliphatic heterocycles. The molecule has 1 aliphatic rings. The zero-order valence-electron chi connectivity index (χ0n) is 30.0. The molecule has 0 aromatic heterocycles. The van der Waals surface area contributed by atoms with Crippen LogP contribution in [-0.2, 0) is 23.9 Å². The fourth-order valence-corrected chi connectivity index (χ4v) is 5.86. The van der Waals surface area contributed by atoms with Crippen LogP contribution < -0.4 is 25.4 Å². The average molecular weight is 708 g/mol. The molecule has 0 aliphatic carbocycles. The predicted octanol–water partition coefficient (Wildman–Crippen LogP) is 6.73. The molecule has 0 spiro atoms. The van der Waals surface area contributed by atoms with Crippen LogP contribution in [0.15, 0.2) is 96.7 Å². The van der Waals surface area contributed by atoms with E-state index in [-0.39, 0.29) is 25.3 Å². The number of rotatable bonds is 5. The number of ether oxygens (including phenoxy) is 4. The van der Waals surface area contributed by atoms with Crippen LogP contribution in [0.25, 0.3) is 32.7 Å². The van der Waals surface area contributed by atoms with Crippen molar-refractivity contribution in [2.45, 2.75) is 58.1 Å². The van der Waals surface area contributed by atoms with Gasteiger partial charge in [-0.15, -0.1) is 0 Å². The second-order valence-corrected chi connectivity index (χ2v) is 13.3. The molecule has 11 heteroatoms. The van der Waals surface area contributed by atoms with Gasteiger partial charge in [-0.2, -0.15) is 0 Å². The highest BCUT2D eigenvalue weighted by atomic mass is 16.6. The molecule has 0 bridgehead atoms. The van der Waals surface area contributed by atoms with E-state index in [0.717, 1.165) is 32.7 Å². The molecular formula is C41H45N3O8. The van der Waals surface area contributed by atoms with Crippen molar-refractivity contribution in [1.82, 2.24) is 16.0 Å². The highest BCUT2D eigenvalue weighted by molar-refractivity contribution is 6.10. The van der Waals surface area contributed by atoms with Gasteiger partial charge >= 0.3 is 12.1 Å². The van der Waals surface area contributed by atoms with Crippen molar-refractivity contribution in [3.8, 4) is 22.6 Å². The molecule has 3 amide bonds.